The Hall–Kier alpha value is -0.830. The molecule has 0 amide bonds. The van der Waals surface area contributed by atoms with E-state index in [1.807, 2.05) is 26.0 Å². The number of aromatic carboxylic acids is 1. The summed E-state index contributed by atoms with van der Waals surface area (Å²) in [6.45, 7) is 3.64. The first-order valence-corrected chi connectivity index (χ1v) is 5.07. The molecule has 1 N–H and O–H groups in total. The van der Waals surface area contributed by atoms with Gasteiger partial charge in [-0.15, -0.1) is 0 Å². The molecule has 0 unspecified atom stereocenters. The molecule has 0 aliphatic carbocycles. The van der Waals surface area contributed by atoms with Crippen LogP contribution in [0, 0.1) is 13.8 Å². The Morgan fingerprint density at radius 3 is 2.15 bits per heavy atom. The predicted molar refractivity (Wildman–Crippen MR) is 55.5 cm³/mol. The zero-order valence-electron chi connectivity index (χ0n) is 7.60. The van der Waals surface area contributed by atoms with Crippen LogP contribution in [0.1, 0.15) is 27.0 Å². The second-order valence-corrected chi connectivity index (χ2v) is 3.60. The van der Waals surface area contributed by atoms with Crippen molar-refractivity contribution in [2.24, 2.45) is 0 Å². The number of aryl methyl sites for hydroxylation is 2. The fourth-order valence-corrected chi connectivity index (χ4v) is 1.79. The number of hydrogen-bond donors (Lipinski definition) is 1. The van der Waals surface area contributed by atoms with E-state index in [0.717, 1.165) is 22.0 Å². The Labute approximate surface area is 85.7 Å². The highest BCUT2D eigenvalue weighted by Gasteiger charge is 2.10. The minimum absolute atomic E-state index is 0.421. The maximum atomic E-state index is 10.8. The summed E-state index contributed by atoms with van der Waals surface area (Å²) in [5.74, 6) is -0.851. The van der Waals surface area contributed by atoms with E-state index in [9.17, 15) is 4.79 Å². The molecular formula is C10H11BrO2. The van der Waals surface area contributed by atoms with Crippen LogP contribution >= 0.6 is 15.9 Å². The number of rotatable bonds is 2. The molecule has 0 atom stereocenters. The molecule has 1 aromatic carbocycles. The van der Waals surface area contributed by atoms with Crippen LogP contribution in [0.25, 0.3) is 0 Å². The van der Waals surface area contributed by atoms with Crippen LogP contribution in [0.3, 0.4) is 0 Å². The Kier molecular flexibility index (Phi) is 3.09. The molecule has 3 heteroatoms. The first-order valence-electron chi connectivity index (χ1n) is 3.95. The summed E-state index contributed by atoms with van der Waals surface area (Å²) in [4.78, 5) is 10.8. The van der Waals surface area contributed by atoms with Gasteiger partial charge in [-0.1, -0.05) is 28.1 Å². The van der Waals surface area contributed by atoms with E-state index in [-0.39, 0.29) is 0 Å². The van der Waals surface area contributed by atoms with Crippen molar-refractivity contribution in [2.75, 3.05) is 0 Å². The zero-order valence-corrected chi connectivity index (χ0v) is 9.18. The third-order valence-corrected chi connectivity index (χ3v) is 2.61. The van der Waals surface area contributed by atoms with Gasteiger partial charge in [0.2, 0.25) is 0 Å². The average molecular weight is 243 g/mol. The number of benzene rings is 1. The van der Waals surface area contributed by atoms with Gasteiger partial charge in [0.25, 0.3) is 0 Å². The minimum atomic E-state index is -0.851. The Morgan fingerprint density at radius 1 is 1.38 bits per heavy atom. The molecule has 0 heterocycles. The molecule has 0 aromatic heterocycles. The topological polar surface area (TPSA) is 37.3 Å². The van der Waals surface area contributed by atoms with Gasteiger partial charge in [0.1, 0.15) is 0 Å². The van der Waals surface area contributed by atoms with Gasteiger partial charge in [0, 0.05) is 5.33 Å². The number of carbonyl (C=O) groups is 1. The molecule has 0 saturated heterocycles. The van der Waals surface area contributed by atoms with Gasteiger partial charge >= 0.3 is 5.97 Å². The van der Waals surface area contributed by atoms with Crippen molar-refractivity contribution < 1.29 is 9.90 Å². The highest BCUT2D eigenvalue weighted by molar-refractivity contribution is 9.08. The van der Waals surface area contributed by atoms with Crippen LogP contribution < -0.4 is 0 Å². The smallest absolute Gasteiger partial charge is 0.336 e. The largest absolute Gasteiger partial charge is 0.478 e. The fourth-order valence-electron chi connectivity index (χ4n) is 1.47. The van der Waals surface area contributed by atoms with E-state index in [2.05, 4.69) is 15.9 Å². The van der Waals surface area contributed by atoms with E-state index >= 15 is 0 Å². The van der Waals surface area contributed by atoms with Crippen molar-refractivity contribution in [3.63, 3.8) is 0 Å². The number of alkyl halides is 1. The van der Waals surface area contributed by atoms with Crippen molar-refractivity contribution >= 4 is 21.9 Å². The standard InChI is InChI=1S/C10H11BrO2/c1-6-3-8(5-11)4-7(2)9(6)10(12)13/h3-4H,5H2,1-2H3,(H,12,13). The van der Waals surface area contributed by atoms with Gasteiger partial charge < -0.3 is 5.11 Å². The van der Waals surface area contributed by atoms with E-state index in [1.165, 1.54) is 0 Å². The highest BCUT2D eigenvalue weighted by atomic mass is 79.9. The van der Waals surface area contributed by atoms with Crippen LogP contribution in [-0.4, -0.2) is 11.1 Å². The van der Waals surface area contributed by atoms with Crippen molar-refractivity contribution in [1.29, 1.82) is 0 Å². The molecule has 0 spiro atoms. The van der Waals surface area contributed by atoms with Gasteiger partial charge in [-0.3, -0.25) is 0 Å². The maximum Gasteiger partial charge on any atom is 0.336 e. The summed E-state index contributed by atoms with van der Waals surface area (Å²) in [5, 5.41) is 9.66. The maximum absolute atomic E-state index is 10.8. The van der Waals surface area contributed by atoms with Crippen molar-refractivity contribution in [3.05, 3.63) is 34.4 Å². The van der Waals surface area contributed by atoms with Gasteiger partial charge in [-0.05, 0) is 30.5 Å². The third kappa shape index (κ3) is 2.10. The molecule has 0 aliphatic rings. The lowest BCUT2D eigenvalue weighted by atomic mass is 10.0. The highest BCUT2D eigenvalue weighted by Crippen LogP contribution is 2.18. The van der Waals surface area contributed by atoms with Crippen molar-refractivity contribution in [3.8, 4) is 0 Å². The van der Waals surface area contributed by atoms with Crippen LogP contribution in [0.15, 0.2) is 12.1 Å². The summed E-state index contributed by atoms with van der Waals surface area (Å²) in [5.41, 5.74) is 3.17. The summed E-state index contributed by atoms with van der Waals surface area (Å²) in [6.07, 6.45) is 0. The van der Waals surface area contributed by atoms with E-state index in [4.69, 9.17) is 5.11 Å². The molecule has 0 saturated carbocycles. The molecule has 0 bridgehead atoms. The zero-order chi connectivity index (χ0) is 10.0. The molecule has 1 aromatic rings. The molecule has 1 rings (SSSR count). The third-order valence-electron chi connectivity index (χ3n) is 1.96. The first kappa shape index (κ1) is 10.3. The van der Waals surface area contributed by atoms with E-state index < -0.39 is 5.97 Å². The Bertz CT molecular complexity index is 322. The minimum Gasteiger partial charge on any atom is -0.478 e. The van der Waals surface area contributed by atoms with Gasteiger partial charge in [-0.25, -0.2) is 4.79 Å². The van der Waals surface area contributed by atoms with Gasteiger partial charge in [-0.2, -0.15) is 0 Å². The van der Waals surface area contributed by atoms with Crippen LogP contribution in [0.2, 0.25) is 0 Å². The van der Waals surface area contributed by atoms with E-state index in [0.29, 0.717) is 5.56 Å². The monoisotopic (exact) mass is 242 g/mol. The number of carboxylic acids is 1. The summed E-state index contributed by atoms with van der Waals surface area (Å²) >= 11 is 3.34. The predicted octanol–water partition coefficient (Wildman–Crippen LogP) is 2.90. The van der Waals surface area contributed by atoms with Gasteiger partial charge in [0.05, 0.1) is 5.56 Å². The number of hydrogen-bond acceptors (Lipinski definition) is 1. The molecule has 70 valence electrons. The molecule has 0 aliphatic heterocycles. The molecule has 0 fully saturated rings. The molecule has 2 nitrogen and oxygen atoms in total. The van der Waals surface area contributed by atoms with Gasteiger partial charge in [0.15, 0.2) is 0 Å². The first-order chi connectivity index (χ1) is 6.06. The molecular weight excluding hydrogens is 232 g/mol. The lowest BCUT2D eigenvalue weighted by Gasteiger charge is -2.07. The number of carboxylic acid groups (broad SMARTS) is 1. The Balaban J connectivity index is 3.31. The van der Waals surface area contributed by atoms with Crippen LogP contribution in [0.5, 0.6) is 0 Å². The summed E-state index contributed by atoms with van der Waals surface area (Å²) < 4.78 is 0. The SMILES string of the molecule is Cc1cc(CBr)cc(C)c1C(=O)O. The lowest BCUT2D eigenvalue weighted by Crippen LogP contribution is -2.03. The number of halogens is 1. The van der Waals surface area contributed by atoms with Crippen molar-refractivity contribution in [1.82, 2.24) is 0 Å². The molecule has 0 radical (unpaired) electrons. The summed E-state index contributed by atoms with van der Waals surface area (Å²) in [6, 6.07) is 3.79. The normalized spacial score (nSPS) is 10.1. The second kappa shape index (κ2) is 3.92. The fraction of sp³-hybridized carbons (Fsp3) is 0.300. The van der Waals surface area contributed by atoms with Crippen LogP contribution in [-0.2, 0) is 5.33 Å². The van der Waals surface area contributed by atoms with Crippen molar-refractivity contribution in [2.45, 2.75) is 19.2 Å². The summed E-state index contributed by atoms with van der Waals surface area (Å²) in [7, 11) is 0. The average Bonchev–Trinajstić information content (AvgIpc) is 2.02. The van der Waals surface area contributed by atoms with Crippen LogP contribution in [0.4, 0.5) is 0 Å². The quantitative estimate of drug-likeness (QED) is 0.811. The lowest BCUT2D eigenvalue weighted by molar-refractivity contribution is 0.0695. The Morgan fingerprint density at radius 2 is 1.85 bits per heavy atom. The second-order valence-electron chi connectivity index (χ2n) is 3.04. The molecule has 13 heavy (non-hydrogen) atoms. The van der Waals surface area contributed by atoms with E-state index in [1.54, 1.807) is 0 Å².